The van der Waals surface area contributed by atoms with Crippen LogP contribution in [0.2, 0.25) is 0 Å². The number of nitrogens with one attached hydrogen (secondary N) is 2. The number of aromatic amines is 1. The summed E-state index contributed by atoms with van der Waals surface area (Å²) in [5, 5.41) is 13.7. The molecule has 1 aromatic carbocycles. The minimum atomic E-state index is 0.278. The first-order valence-electron chi connectivity index (χ1n) is 6.03. The summed E-state index contributed by atoms with van der Waals surface area (Å²) in [6.07, 6.45) is 1.54. The summed E-state index contributed by atoms with van der Waals surface area (Å²) in [4.78, 5) is 8.24. The molecular formula is C12H14N8. The normalized spacial score (nSPS) is 10.7. The Labute approximate surface area is 115 Å². The number of aromatic nitrogens is 6. The maximum atomic E-state index is 5.48. The van der Waals surface area contributed by atoms with Crippen molar-refractivity contribution in [3.63, 3.8) is 0 Å². The average molecular weight is 270 g/mol. The Kier molecular flexibility index (Phi) is 2.82. The Bertz CT molecular complexity index is 742. The van der Waals surface area contributed by atoms with Crippen LogP contribution in [0.1, 0.15) is 5.56 Å². The van der Waals surface area contributed by atoms with Gasteiger partial charge in [-0.25, -0.2) is 14.8 Å². The van der Waals surface area contributed by atoms with Gasteiger partial charge in [0, 0.05) is 18.3 Å². The Morgan fingerprint density at radius 3 is 2.80 bits per heavy atom. The van der Waals surface area contributed by atoms with Gasteiger partial charge >= 0.3 is 0 Å². The van der Waals surface area contributed by atoms with Gasteiger partial charge in [-0.1, -0.05) is 0 Å². The highest BCUT2D eigenvalue weighted by Crippen LogP contribution is 2.24. The van der Waals surface area contributed by atoms with E-state index in [1.807, 2.05) is 32.2 Å². The molecule has 0 unspecified atom stereocenters. The number of nitrogens with zero attached hydrogens (tertiary/aromatic N) is 5. The lowest BCUT2D eigenvalue weighted by Crippen LogP contribution is -1.98. The van der Waals surface area contributed by atoms with E-state index >= 15 is 0 Å². The van der Waals surface area contributed by atoms with Crippen molar-refractivity contribution >= 4 is 17.6 Å². The average Bonchev–Trinajstić information content (AvgIpc) is 2.99. The van der Waals surface area contributed by atoms with E-state index in [1.165, 1.54) is 6.33 Å². The van der Waals surface area contributed by atoms with Crippen molar-refractivity contribution in [3.8, 4) is 11.4 Å². The second kappa shape index (κ2) is 4.65. The highest BCUT2D eigenvalue weighted by molar-refractivity contribution is 5.66. The van der Waals surface area contributed by atoms with Crippen LogP contribution >= 0.6 is 0 Å². The molecule has 8 heteroatoms. The van der Waals surface area contributed by atoms with Crippen LogP contribution in [0.15, 0.2) is 24.5 Å². The van der Waals surface area contributed by atoms with Crippen molar-refractivity contribution in [3.05, 3.63) is 30.1 Å². The summed E-state index contributed by atoms with van der Waals surface area (Å²) in [7, 11) is 1.87. The highest BCUT2D eigenvalue weighted by atomic mass is 15.3. The van der Waals surface area contributed by atoms with E-state index in [4.69, 9.17) is 5.73 Å². The lowest BCUT2D eigenvalue weighted by Gasteiger charge is -2.08. The molecule has 0 aliphatic heterocycles. The van der Waals surface area contributed by atoms with Crippen LogP contribution in [0, 0.1) is 6.92 Å². The van der Waals surface area contributed by atoms with Crippen LogP contribution < -0.4 is 11.1 Å². The van der Waals surface area contributed by atoms with Crippen molar-refractivity contribution < 1.29 is 0 Å². The van der Waals surface area contributed by atoms with Crippen molar-refractivity contribution in [2.24, 2.45) is 7.05 Å². The third-order valence-corrected chi connectivity index (χ3v) is 2.94. The van der Waals surface area contributed by atoms with Gasteiger partial charge < -0.3 is 11.1 Å². The van der Waals surface area contributed by atoms with Gasteiger partial charge in [-0.15, -0.1) is 5.10 Å². The zero-order valence-electron chi connectivity index (χ0n) is 11.1. The summed E-state index contributed by atoms with van der Waals surface area (Å²) in [6.45, 7) is 2.02. The number of aryl methyl sites for hydroxylation is 2. The van der Waals surface area contributed by atoms with Gasteiger partial charge in [-0.3, -0.25) is 0 Å². The molecule has 4 N–H and O–H groups in total. The Balaban J connectivity index is 1.90. The quantitative estimate of drug-likeness (QED) is 0.660. The van der Waals surface area contributed by atoms with Crippen molar-refractivity contribution in [1.29, 1.82) is 0 Å². The number of H-pyrrole nitrogens is 1. The minimum Gasteiger partial charge on any atom is -0.368 e. The molecule has 0 saturated heterocycles. The number of rotatable bonds is 3. The van der Waals surface area contributed by atoms with Gasteiger partial charge in [0.1, 0.15) is 6.33 Å². The van der Waals surface area contributed by atoms with Crippen molar-refractivity contribution in [1.82, 2.24) is 29.9 Å². The Morgan fingerprint density at radius 2 is 2.20 bits per heavy atom. The van der Waals surface area contributed by atoms with Crippen LogP contribution in [0.4, 0.5) is 17.6 Å². The molecule has 0 radical (unpaired) electrons. The Morgan fingerprint density at radius 1 is 1.35 bits per heavy atom. The van der Waals surface area contributed by atoms with Gasteiger partial charge in [0.25, 0.3) is 0 Å². The lowest BCUT2D eigenvalue weighted by atomic mass is 10.1. The van der Waals surface area contributed by atoms with Gasteiger partial charge in [-0.05, 0) is 30.7 Å². The standard InChI is InChI=1S/C12H14N8/c1-7-5-8(16-12-17-11(13)18-19-12)3-4-9(7)10-14-6-15-20(10)2/h3-6H,1-2H3,(H4,13,16,17,18,19). The second-order valence-corrected chi connectivity index (χ2v) is 4.41. The zero-order chi connectivity index (χ0) is 14.1. The van der Waals surface area contributed by atoms with Gasteiger partial charge in [-0.2, -0.15) is 10.1 Å². The monoisotopic (exact) mass is 270 g/mol. The van der Waals surface area contributed by atoms with Crippen molar-refractivity contribution in [2.45, 2.75) is 6.92 Å². The molecular weight excluding hydrogens is 256 g/mol. The maximum absolute atomic E-state index is 5.48. The molecule has 0 fully saturated rings. The van der Waals surface area contributed by atoms with E-state index in [2.05, 4.69) is 30.6 Å². The SMILES string of the molecule is Cc1cc(Nc2n[nH]c(N)n2)ccc1-c1ncnn1C. The van der Waals surface area contributed by atoms with Crippen LogP contribution in [-0.2, 0) is 7.05 Å². The molecule has 0 spiro atoms. The van der Waals surface area contributed by atoms with E-state index in [0.717, 1.165) is 22.6 Å². The predicted molar refractivity (Wildman–Crippen MR) is 75.3 cm³/mol. The molecule has 2 heterocycles. The van der Waals surface area contributed by atoms with Crippen LogP contribution in [0.5, 0.6) is 0 Å². The summed E-state index contributed by atoms with van der Waals surface area (Å²) in [6, 6.07) is 5.91. The summed E-state index contributed by atoms with van der Waals surface area (Å²) in [5.41, 5.74) is 8.47. The molecule has 0 atom stereocenters. The number of nitrogens with two attached hydrogens (primary N) is 1. The third kappa shape index (κ3) is 2.18. The molecule has 0 aliphatic rings. The zero-order valence-corrected chi connectivity index (χ0v) is 11.1. The fraction of sp³-hybridized carbons (Fsp3) is 0.167. The summed E-state index contributed by atoms with van der Waals surface area (Å²) in [5.74, 6) is 1.55. The van der Waals surface area contributed by atoms with Gasteiger partial charge in [0.05, 0.1) is 0 Å². The minimum absolute atomic E-state index is 0.278. The maximum Gasteiger partial charge on any atom is 0.248 e. The van der Waals surface area contributed by atoms with Gasteiger partial charge in [0.15, 0.2) is 5.82 Å². The van der Waals surface area contributed by atoms with Gasteiger partial charge in [0.2, 0.25) is 11.9 Å². The van der Waals surface area contributed by atoms with E-state index in [0.29, 0.717) is 5.95 Å². The molecule has 3 aromatic rings. The van der Waals surface area contributed by atoms with Crippen LogP contribution in [0.25, 0.3) is 11.4 Å². The molecule has 0 amide bonds. The number of hydrogen-bond donors (Lipinski definition) is 3. The van der Waals surface area contributed by atoms with E-state index < -0.39 is 0 Å². The molecule has 102 valence electrons. The first-order valence-corrected chi connectivity index (χ1v) is 6.03. The second-order valence-electron chi connectivity index (χ2n) is 4.41. The first kappa shape index (κ1) is 12.2. The fourth-order valence-electron chi connectivity index (χ4n) is 1.99. The molecule has 0 saturated carbocycles. The number of anilines is 3. The lowest BCUT2D eigenvalue weighted by molar-refractivity contribution is 0.774. The third-order valence-electron chi connectivity index (χ3n) is 2.94. The number of nitrogen functional groups attached to an aromatic ring is 1. The largest absolute Gasteiger partial charge is 0.368 e. The molecule has 20 heavy (non-hydrogen) atoms. The highest BCUT2D eigenvalue weighted by Gasteiger charge is 2.09. The topological polar surface area (TPSA) is 110 Å². The van der Waals surface area contributed by atoms with Crippen LogP contribution in [-0.4, -0.2) is 29.9 Å². The van der Waals surface area contributed by atoms with E-state index in [1.54, 1.807) is 4.68 Å². The molecule has 0 bridgehead atoms. The molecule has 8 nitrogen and oxygen atoms in total. The van der Waals surface area contributed by atoms with E-state index in [9.17, 15) is 0 Å². The van der Waals surface area contributed by atoms with Crippen molar-refractivity contribution in [2.75, 3.05) is 11.1 Å². The number of hydrogen-bond acceptors (Lipinski definition) is 6. The fourth-order valence-corrected chi connectivity index (χ4v) is 1.99. The molecule has 3 rings (SSSR count). The predicted octanol–water partition coefficient (Wildman–Crippen LogP) is 1.23. The molecule has 0 aliphatic carbocycles. The first-order chi connectivity index (χ1) is 9.63. The van der Waals surface area contributed by atoms with Crippen LogP contribution in [0.3, 0.4) is 0 Å². The smallest absolute Gasteiger partial charge is 0.248 e. The van der Waals surface area contributed by atoms with E-state index in [-0.39, 0.29) is 5.95 Å². The summed E-state index contributed by atoms with van der Waals surface area (Å²) >= 11 is 0. The summed E-state index contributed by atoms with van der Waals surface area (Å²) < 4.78 is 1.74. The molecule has 2 aromatic heterocycles. The number of benzene rings is 1. The Hall–Kier alpha value is -2.90.